The molecule has 0 spiro atoms. The zero-order valence-electron chi connectivity index (χ0n) is 16.2. The van der Waals surface area contributed by atoms with E-state index in [-0.39, 0.29) is 5.91 Å². The van der Waals surface area contributed by atoms with E-state index in [9.17, 15) is 4.79 Å². The van der Waals surface area contributed by atoms with E-state index in [0.29, 0.717) is 44.9 Å². The van der Waals surface area contributed by atoms with E-state index in [2.05, 4.69) is 4.98 Å². The number of anilines is 1. The monoisotopic (exact) mass is 438 g/mol. The molecule has 1 aliphatic heterocycles. The van der Waals surface area contributed by atoms with Gasteiger partial charge in [-0.25, -0.2) is 4.98 Å². The summed E-state index contributed by atoms with van der Waals surface area (Å²) < 4.78 is 11.2. The Morgan fingerprint density at radius 1 is 1.10 bits per heavy atom. The van der Waals surface area contributed by atoms with Gasteiger partial charge in [-0.2, -0.15) is 0 Å². The third-order valence-corrected chi connectivity index (χ3v) is 5.80. The molecule has 30 heavy (non-hydrogen) atoms. The minimum atomic E-state index is -0.0122. The highest BCUT2D eigenvalue weighted by atomic mass is 35.5. The molecule has 150 valence electrons. The smallest absolute Gasteiger partial charge is 0.258 e. The van der Waals surface area contributed by atoms with Gasteiger partial charge < -0.3 is 14.1 Å². The Hall–Kier alpha value is -3.02. The lowest BCUT2D eigenvalue weighted by Gasteiger charge is -2.16. The highest BCUT2D eigenvalue weighted by molar-refractivity contribution is 6.37. The number of oxazole rings is 1. The van der Waals surface area contributed by atoms with Crippen molar-refractivity contribution in [1.29, 1.82) is 0 Å². The van der Waals surface area contributed by atoms with Crippen molar-refractivity contribution in [1.82, 2.24) is 4.98 Å². The van der Waals surface area contributed by atoms with Crippen molar-refractivity contribution in [3.05, 3.63) is 75.3 Å². The second-order valence-electron chi connectivity index (χ2n) is 7.15. The van der Waals surface area contributed by atoms with Gasteiger partial charge in [-0.1, -0.05) is 41.4 Å². The van der Waals surface area contributed by atoms with Crippen molar-refractivity contribution in [3.63, 3.8) is 0 Å². The number of carbonyl (C=O) groups is 1. The first-order chi connectivity index (χ1) is 14.5. The molecule has 0 saturated heterocycles. The first kappa shape index (κ1) is 19.0. The van der Waals surface area contributed by atoms with Crippen molar-refractivity contribution in [3.8, 4) is 17.2 Å². The number of fused-ring (bicyclic) bond motifs is 2. The van der Waals surface area contributed by atoms with E-state index < -0.39 is 0 Å². The molecular formula is C23H16Cl2N2O3. The number of aryl methyl sites for hydroxylation is 1. The van der Waals surface area contributed by atoms with Gasteiger partial charge in [0.25, 0.3) is 5.91 Å². The normalized spacial score (nSPS) is 13.2. The minimum absolute atomic E-state index is 0.0122. The van der Waals surface area contributed by atoms with Crippen LogP contribution < -0.4 is 9.64 Å². The van der Waals surface area contributed by atoms with Crippen LogP contribution in [0.1, 0.15) is 21.5 Å². The minimum Gasteiger partial charge on any atom is -0.494 e. The maximum Gasteiger partial charge on any atom is 0.258 e. The number of benzene rings is 3. The predicted octanol–water partition coefficient (Wildman–Crippen LogP) is 6.28. The van der Waals surface area contributed by atoms with E-state index in [1.54, 1.807) is 17.0 Å². The lowest BCUT2D eigenvalue weighted by molar-refractivity contribution is 0.0996. The first-order valence-corrected chi connectivity index (χ1v) is 10.1. The Bertz CT molecular complexity index is 1310. The molecule has 0 unspecified atom stereocenters. The summed E-state index contributed by atoms with van der Waals surface area (Å²) in [5, 5.41) is 0.750. The zero-order chi connectivity index (χ0) is 21.0. The van der Waals surface area contributed by atoms with E-state index in [0.717, 1.165) is 22.4 Å². The van der Waals surface area contributed by atoms with Gasteiger partial charge >= 0.3 is 0 Å². The molecule has 0 saturated carbocycles. The third-order valence-electron chi connectivity index (χ3n) is 5.24. The number of hydrogen-bond donors (Lipinski definition) is 0. The van der Waals surface area contributed by atoms with Gasteiger partial charge in [0.2, 0.25) is 5.89 Å². The van der Waals surface area contributed by atoms with Crippen LogP contribution in [-0.4, -0.2) is 18.0 Å². The SMILES string of the molecule is COc1c(Cl)cc(-c2nc3cc(N4Cc5ccccc5C4=O)cc(C)c3o2)cc1Cl. The predicted molar refractivity (Wildman–Crippen MR) is 118 cm³/mol. The molecule has 2 heterocycles. The van der Waals surface area contributed by atoms with Gasteiger partial charge in [0.15, 0.2) is 11.3 Å². The first-order valence-electron chi connectivity index (χ1n) is 9.30. The number of aromatic nitrogens is 1. The maximum atomic E-state index is 12.8. The number of nitrogens with zero attached hydrogens (tertiary/aromatic N) is 2. The lowest BCUT2D eigenvalue weighted by atomic mass is 10.1. The van der Waals surface area contributed by atoms with Crippen LogP contribution in [0.2, 0.25) is 10.0 Å². The van der Waals surface area contributed by atoms with Gasteiger partial charge in [0.1, 0.15) is 5.52 Å². The van der Waals surface area contributed by atoms with Crippen LogP contribution in [0, 0.1) is 6.92 Å². The Labute approximate surface area is 182 Å². The second kappa shape index (κ2) is 7.04. The quantitative estimate of drug-likeness (QED) is 0.377. The topological polar surface area (TPSA) is 55.6 Å². The molecule has 5 rings (SSSR count). The number of halogens is 2. The lowest BCUT2D eigenvalue weighted by Crippen LogP contribution is -2.23. The fourth-order valence-corrected chi connectivity index (χ4v) is 4.44. The largest absolute Gasteiger partial charge is 0.494 e. The average Bonchev–Trinajstić information content (AvgIpc) is 3.30. The van der Waals surface area contributed by atoms with Crippen LogP contribution in [0.25, 0.3) is 22.6 Å². The summed E-state index contributed by atoms with van der Waals surface area (Å²) in [6, 6.07) is 14.9. The molecule has 0 fully saturated rings. The van der Waals surface area contributed by atoms with Gasteiger partial charge in [-0.3, -0.25) is 4.79 Å². The number of hydrogen-bond acceptors (Lipinski definition) is 4. The Kier molecular flexibility index (Phi) is 4.45. The zero-order valence-corrected chi connectivity index (χ0v) is 17.7. The standard InChI is InChI=1S/C23H16Cl2N2O3/c1-12-7-15(27-11-13-5-3-4-6-16(13)23(27)28)10-19-20(12)30-22(26-19)14-8-17(24)21(29-2)18(25)9-14/h3-10H,11H2,1-2H3. The molecule has 0 aliphatic carbocycles. The summed E-state index contributed by atoms with van der Waals surface area (Å²) in [4.78, 5) is 19.2. The molecule has 0 radical (unpaired) electrons. The van der Waals surface area contributed by atoms with Gasteiger partial charge in [0, 0.05) is 16.8 Å². The molecule has 0 bridgehead atoms. The van der Waals surface area contributed by atoms with E-state index in [4.69, 9.17) is 32.4 Å². The Balaban J connectivity index is 1.57. The number of ether oxygens (including phenoxy) is 1. The summed E-state index contributed by atoms with van der Waals surface area (Å²) in [5.74, 6) is 0.790. The Morgan fingerprint density at radius 2 is 1.83 bits per heavy atom. The highest BCUT2D eigenvalue weighted by Crippen LogP contribution is 2.39. The molecule has 1 aliphatic rings. The van der Waals surface area contributed by atoms with Crippen molar-refractivity contribution >= 4 is 45.9 Å². The summed E-state index contributed by atoms with van der Waals surface area (Å²) in [5.41, 5.74) is 5.38. The van der Waals surface area contributed by atoms with Crippen molar-refractivity contribution < 1.29 is 13.9 Å². The molecule has 1 aromatic heterocycles. The van der Waals surface area contributed by atoms with Crippen LogP contribution in [0.3, 0.4) is 0 Å². The van der Waals surface area contributed by atoms with E-state index >= 15 is 0 Å². The molecule has 4 aromatic rings. The van der Waals surface area contributed by atoms with E-state index in [1.165, 1.54) is 7.11 Å². The average molecular weight is 439 g/mol. The number of amides is 1. The molecule has 0 atom stereocenters. The number of rotatable bonds is 3. The highest BCUT2D eigenvalue weighted by Gasteiger charge is 2.29. The summed E-state index contributed by atoms with van der Waals surface area (Å²) in [6.07, 6.45) is 0. The van der Waals surface area contributed by atoms with Crippen LogP contribution >= 0.6 is 23.2 Å². The number of carbonyl (C=O) groups excluding carboxylic acids is 1. The van der Waals surface area contributed by atoms with Gasteiger partial charge in [-0.15, -0.1) is 0 Å². The molecule has 7 heteroatoms. The van der Waals surface area contributed by atoms with Crippen molar-refractivity contribution in [2.45, 2.75) is 13.5 Å². The van der Waals surface area contributed by atoms with Crippen LogP contribution in [0.4, 0.5) is 5.69 Å². The van der Waals surface area contributed by atoms with Crippen LogP contribution in [0.5, 0.6) is 5.75 Å². The molecule has 3 aromatic carbocycles. The van der Waals surface area contributed by atoms with Gasteiger partial charge in [0.05, 0.1) is 23.7 Å². The summed E-state index contributed by atoms with van der Waals surface area (Å²) >= 11 is 12.5. The van der Waals surface area contributed by atoms with E-state index in [1.807, 2.05) is 43.3 Å². The van der Waals surface area contributed by atoms with Gasteiger partial charge in [-0.05, 0) is 48.4 Å². The third kappa shape index (κ3) is 2.93. The molecule has 5 nitrogen and oxygen atoms in total. The van der Waals surface area contributed by atoms with Crippen LogP contribution in [0.15, 0.2) is 52.9 Å². The van der Waals surface area contributed by atoms with Crippen molar-refractivity contribution in [2.75, 3.05) is 12.0 Å². The second-order valence-corrected chi connectivity index (χ2v) is 7.97. The molecular weight excluding hydrogens is 423 g/mol. The number of methoxy groups -OCH3 is 1. The maximum absolute atomic E-state index is 12.8. The molecule has 1 amide bonds. The van der Waals surface area contributed by atoms with Crippen LogP contribution in [-0.2, 0) is 6.54 Å². The summed E-state index contributed by atoms with van der Waals surface area (Å²) in [7, 11) is 1.51. The summed E-state index contributed by atoms with van der Waals surface area (Å²) in [6.45, 7) is 2.47. The fourth-order valence-electron chi connectivity index (χ4n) is 3.80. The van der Waals surface area contributed by atoms with Crippen molar-refractivity contribution in [2.24, 2.45) is 0 Å². The molecule has 0 N–H and O–H groups in total. The fraction of sp³-hybridized carbons (Fsp3) is 0.130. The Morgan fingerprint density at radius 3 is 2.53 bits per heavy atom.